The number of nitrogens with two attached hydrogens (primary N) is 1. The molecule has 1 aliphatic rings. The van der Waals surface area contributed by atoms with Gasteiger partial charge in [-0.3, -0.25) is 4.79 Å². The fraction of sp³-hybridized carbons (Fsp3) is 0.200. The summed E-state index contributed by atoms with van der Waals surface area (Å²) in [7, 11) is 0. The molecule has 0 aliphatic carbocycles. The largest absolute Gasteiger partial charge is 0.381 e. The predicted molar refractivity (Wildman–Crippen MR) is 109 cm³/mol. The molecule has 1 amide bonds. The maximum absolute atomic E-state index is 14.3. The number of fused-ring (bicyclic) bond motifs is 1. The molecule has 0 fully saturated rings. The van der Waals surface area contributed by atoms with E-state index in [1.54, 1.807) is 10.8 Å². The molecule has 7 nitrogen and oxygen atoms in total. The number of hydrogen-bond acceptors (Lipinski definition) is 5. The number of amides is 1. The Labute approximate surface area is 179 Å². The van der Waals surface area contributed by atoms with Crippen LogP contribution in [-0.4, -0.2) is 33.0 Å². The van der Waals surface area contributed by atoms with E-state index >= 15 is 0 Å². The SMILES string of the molecule is NC1=NC(CF)(c2ccc(CF)c(NC(=O)c3ncc(Cl)cc3F)c2)Cn2ccnc21. The summed E-state index contributed by atoms with van der Waals surface area (Å²) < 4.78 is 43.6. The fourth-order valence-electron chi connectivity index (χ4n) is 3.43. The molecular formula is C20H16ClF3N6O. The van der Waals surface area contributed by atoms with Crippen LogP contribution in [0.5, 0.6) is 0 Å². The summed E-state index contributed by atoms with van der Waals surface area (Å²) >= 11 is 5.66. The van der Waals surface area contributed by atoms with E-state index in [-0.39, 0.29) is 28.7 Å². The molecule has 3 heterocycles. The van der Waals surface area contributed by atoms with Gasteiger partial charge in [0.25, 0.3) is 5.91 Å². The summed E-state index contributed by atoms with van der Waals surface area (Å²) in [5.74, 6) is -1.36. The Hall–Kier alpha value is -3.40. The zero-order chi connectivity index (χ0) is 22.2. The molecule has 31 heavy (non-hydrogen) atoms. The highest BCUT2D eigenvalue weighted by atomic mass is 35.5. The van der Waals surface area contributed by atoms with Gasteiger partial charge in [0.05, 0.1) is 11.6 Å². The van der Waals surface area contributed by atoms with Gasteiger partial charge in [0.1, 0.15) is 18.9 Å². The van der Waals surface area contributed by atoms with Crippen LogP contribution in [0.25, 0.3) is 0 Å². The maximum Gasteiger partial charge on any atom is 0.277 e. The lowest BCUT2D eigenvalue weighted by molar-refractivity contribution is 0.101. The Kier molecular flexibility index (Phi) is 5.40. The Morgan fingerprint density at radius 1 is 1.29 bits per heavy atom. The van der Waals surface area contributed by atoms with E-state index in [4.69, 9.17) is 17.3 Å². The van der Waals surface area contributed by atoms with Crippen molar-refractivity contribution in [1.29, 1.82) is 0 Å². The number of rotatable bonds is 5. The summed E-state index contributed by atoms with van der Waals surface area (Å²) in [5, 5.41) is 2.46. The fourth-order valence-corrected chi connectivity index (χ4v) is 3.58. The smallest absolute Gasteiger partial charge is 0.277 e. The summed E-state index contributed by atoms with van der Waals surface area (Å²) in [4.78, 5) is 24.6. The van der Waals surface area contributed by atoms with Gasteiger partial charge in [0.15, 0.2) is 23.2 Å². The van der Waals surface area contributed by atoms with Crippen LogP contribution in [0, 0.1) is 5.82 Å². The number of carbonyl (C=O) groups is 1. The molecule has 1 unspecified atom stereocenters. The summed E-state index contributed by atoms with van der Waals surface area (Å²) in [6.45, 7) is -1.71. The van der Waals surface area contributed by atoms with Crippen LogP contribution < -0.4 is 11.1 Å². The molecule has 0 saturated heterocycles. The first-order chi connectivity index (χ1) is 14.9. The molecule has 1 aliphatic heterocycles. The molecule has 160 valence electrons. The minimum Gasteiger partial charge on any atom is -0.381 e. The molecule has 0 radical (unpaired) electrons. The highest BCUT2D eigenvalue weighted by Crippen LogP contribution is 2.35. The van der Waals surface area contributed by atoms with Crippen molar-refractivity contribution in [3.05, 3.63) is 76.3 Å². The minimum absolute atomic E-state index is 0.0250. The van der Waals surface area contributed by atoms with Crippen LogP contribution in [0.2, 0.25) is 5.02 Å². The molecular weight excluding hydrogens is 433 g/mol. The molecule has 1 atom stereocenters. The first kappa shape index (κ1) is 20.9. The van der Waals surface area contributed by atoms with Crippen LogP contribution in [0.3, 0.4) is 0 Å². The first-order valence-corrected chi connectivity index (χ1v) is 9.49. The van der Waals surface area contributed by atoms with E-state index in [0.29, 0.717) is 11.4 Å². The molecule has 3 N–H and O–H groups in total. The molecule has 0 bridgehead atoms. The quantitative estimate of drug-likeness (QED) is 0.625. The number of imidazole rings is 1. The van der Waals surface area contributed by atoms with E-state index in [9.17, 15) is 18.0 Å². The number of alkyl halides is 2. The normalized spacial score (nSPS) is 17.7. The number of benzene rings is 1. The first-order valence-electron chi connectivity index (χ1n) is 9.11. The number of aromatic nitrogens is 3. The summed E-state index contributed by atoms with van der Waals surface area (Å²) in [5.41, 5.74) is 4.58. The van der Waals surface area contributed by atoms with Gasteiger partial charge in [-0.2, -0.15) is 0 Å². The van der Waals surface area contributed by atoms with Crippen molar-refractivity contribution in [2.24, 2.45) is 10.7 Å². The highest BCUT2D eigenvalue weighted by Gasteiger charge is 2.38. The standard InChI is InChI=1S/C20H16ClF3N6O/c21-13-6-14(24)16(27-8-13)19(31)28-15-5-12(2-1-11(15)7-22)20(9-23)10-30-4-3-26-18(30)17(25)29-20/h1-6,8H,7,9-10H2,(H2,25,29)(H,28,31). The highest BCUT2D eigenvalue weighted by molar-refractivity contribution is 6.30. The zero-order valence-corrected chi connectivity index (χ0v) is 16.7. The van der Waals surface area contributed by atoms with Crippen molar-refractivity contribution in [2.45, 2.75) is 18.8 Å². The van der Waals surface area contributed by atoms with Crippen molar-refractivity contribution >= 4 is 29.0 Å². The summed E-state index contributed by atoms with van der Waals surface area (Å²) in [6, 6.07) is 5.27. The van der Waals surface area contributed by atoms with Gasteiger partial charge in [-0.1, -0.05) is 23.7 Å². The van der Waals surface area contributed by atoms with E-state index in [2.05, 4.69) is 20.3 Å². The number of halogens is 4. The molecule has 0 spiro atoms. The van der Waals surface area contributed by atoms with Gasteiger partial charge >= 0.3 is 0 Å². The molecule has 11 heteroatoms. The average Bonchev–Trinajstić information content (AvgIpc) is 3.22. The Bertz CT molecular complexity index is 1200. The topological polar surface area (TPSA) is 98.2 Å². The number of pyridine rings is 1. The van der Waals surface area contributed by atoms with Crippen LogP contribution in [0.15, 0.2) is 47.8 Å². The second kappa shape index (κ2) is 8.03. The number of amidine groups is 1. The van der Waals surface area contributed by atoms with Crippen molar-refractivity contribution < 1.29 is 18.0 Å². The van der Waals surface area contributed by atoms with Crippen molar-refractivity contribution in [3.63, 3.8) is 0 Å². The summed E-state index contributed by atoms with van der Waals surface area (Å²) in [6.07, 6.45) is 4.29. The number of carbonyl (C=O) groups excluding carboxylic acids is 1. The molecule has 1 aromatic carbocycles. The Morgan fingerprint density at radius 2 is 2.10 bits per heavy atom. The van der Waals surface area contributed by atoms with Gasteiger partial charge in [-0.15, -0.1) is 0 Å². The van der Waals surface area contributed by atoms with Crippen LogP contribution in [0.1, 0.15) is 27.4 Å². The number of aliphatic imine (C=N–C) groups is 1. The monoisotopic (exact) mass is 448 g/mol. The van der Waals surface area contributed by atoms with Crippen LogP contribution in [-0.2, 0) is 18.8 Å². The van der Waals surface area contributed by atoms with Gasteiger partial charge in [-0.05, 0) is 17.7 Å². The lowest BCUT2D eigenvalue weighted by Gasteiger charge is -2.32. The molecule has 2 aromatic heterocycles. The van der Waals surface area contributed by atoms with Crippen LogP contribution in [0.4, 0.5) is 18.9 Å². The van der Waals surface area contributed by atoms with Crippen LogP contribution >= 0.6 is 11.6 Å². The van der Waals surface area contributed by atoms with Gasteiger partial charge in [0.2, 0.25) is 0 Å². The Balaban J connectivity index is 1.72. The van der Waals surface area contributed by atoms with Crippen molar-refractivity contribution in [3.8, 4) is 0 Å². The second-order valence-electron chi connectivity index (χ2n) is 6.98. The third-order valence-corrected chi connectivity index (χ3v) is 5.20. The average molecular weight is 449 g/mol. The minimum atomic E-state index is -1.39. The van der Waals surface area contributed by atoms with Gasteiger partial charge in [-0.25, -0.2) is 28.1 Å². The number of anilines is 1. The second-order valence-corrected chi connectivity index (χ2v) is 7.42. The predicted octanol–water partition coefficient (Wildman–Crippen LogP) is 3.38. The maximum atomic E-state index is 14.3. The zero-order valence-electron chi connectivity index (χ0n) is 15.9. The van der Waals surface area contributed by atoms with Gasteiger partial charge < -0.3 is 15.6 Å². The third kappa shape index (κ3) is 3.74. The number of nitrogens with zero attached hydrogens (tertiary/aromatic N) is 4. The lowest BCUT2D eigenvalue weighted by atomic mass is 9.89. The number of nitrogens with one attached hydrogen (secondary N) is 1. The molecule has 3 aromatic rings. The molecule has 0 saturated carbocycles. The van der Waals surface area contributed by atoms with E-state index in [1.165, 1.54) is 24.4 Å². The Morgan fingerprint density at radius 3 is 2.81 bits per heavy atom. The third-order valence-electron chi connectivity index (χ3n) is 4.99. The van der Waals surface area contributed by atoms with E-state index < -0.39 is 36.3 Å². The number of hydrogen-bond donors (Lipinski definition) is 2. The van der Waals surface area contributed by atoms with Crippen molar-refractivity contribution in [1.82, 2.24) is 14.5 Å². The van der Waals surface area contributed by atoms with E-state index in [1.807, 2.05) is 0 Å². The van der Waals surface area contributed by atoms with Gasteiger partial charge in [0, 0.05) is 29.8 Å². The lowest BCUT2D eigenvalue weighted by Crippen LogP contribution is -2.40. The van der Waals surface area contributed by atoms with Crippen molar-refractivity contribution in [2.75, 3.05) is 12.0 Å². The van der Waals surface area contributed by atoms with E-state index in [0.717, 1.165) is 12.3 Å². The molecule has 4 rings (SSSR count).